The van der Waals surface area contributed by atoms with Gasteiger partial charge in [-0.05, 0) is 47.8 Å². The van der Waals surface area contributed by atoms with E-state index in [2.05, 4.69) is 44.4 Å². The molecular weight excluding hydrogens is 507 g/mol. The number of aryl methyl sites for hydroxylation is 1. The zero-order valence-electron chi connectivity index (χ0n) is 24.7. The number of hydrogen-bond acceptors (Lipinski definition) is 8. The molecule has 0 spiro atoms. The molecule has 0 heterocycles. The molecule has 2 rings (SSSR count). The molecule has 0 radical (unpaired) electrons. The molecule has 12 nitrogen and oxygen atoms in total. The van der Waals surface area contributed by atoms with Crippen molar-refractivity contribution in [1.82, 2.24) is 5.01 Å². The van der Waals surface area contributed by atoms with E-state index in [0.717, 1.165) is 12.0 Å². The Morgan fingerprint density at radius 3 is 1.58 bits per heavy atom. The molecule has 1 aliphatic carbocycles. The summed E-state index contributed by atoms with van der Waals surface area (Å²) in [6.07, 6.45) is 0.935. The summed E-state index contributed by atoms with van der Waals surface area (Å²) in [6, 6.07) is 6.23. The van der Waals surface area contributed by atoms with E-state index in [-0.39, 0.29) is 35.3 Å². The Bertz CT molecular complexity index is 813. The normalized spacial score (nSPS) is 16.1. The van der Waals surface area contributed by atoms with Crippen molar-refractivity contribution in [2.24, 2.45) is 28.2 Å². The van der Waals surface area contributed by atoms with Crippen LogP contribution in [-0.4, -0.2) is 73.0 Å². The number of ether oxygens (including phenoxy) is 3. The van der Waals surface area contributed by atoms with Crippen molar-refractivity contribution in [3.63, 3.8) is 0 Å². The van der Waals surface area contributed by atoms with Gasteiger partial charge in [-0.1, -0.05) is 72.2 Å². The van der Waals surface area contributed by atoms with Crippen LogP contribution >= 0.6 is 0 Å². The van der Waals surface area contributed by atoms with Crippen LogP contribution in [0, 0.1) is 18.3 Å². The summed E-state index contributed by atoms with van der Waals surface area (Å²) >= 11 is 0. The van der Waals surface area contributed by atoms with Gasteiger partial charge >= 0.3 is 17.4 Å². The summed E-state index contributed by atoms with van der Waals surface area (Å²) in [7, 11) is 4.19. The molecule has 0 aromatic heterocycles. The molecule has 0 saturated carbocycles. The van der Waals surface area contributed by atoms with E-state index in [1.54, 1.807) is 0 Å². The summed E-state index contributed by atoms with van der Waals surface area (Å²) in [5.41, 5.74) is 20.1. The average Bonchev–Trinajstić information content (AvgIpc) is 3.06. The summed E-state index contributed by atoms with van der Waals surface area (Å²) < 4.78 is 13.1. The van der Waals surface area contributed by atoms with Gasteiger partial charge in [-0.3, -0.25) is 5.41 Å². The minimum atomic E-state index is -1.21. The number of rotatable bonds is 5. The molecule has 0 saturated heterocycles. The van der Waals surface area contributed by atoms with E-state index in [1.807, 2.05) is 6.92 Å². The first-order valence-corrected chi connectivity index (χ1v) is 11.7. The predicted octanol–water partition coefficient (Wildman–Crippen LogP) is -0.581. The van der Waals surface area contributed by atoms with Crippen LogP contribution in [0.3, 0.4) is 0 Å². The van der Waals surface area contributed by atoms with Gasteiger partial charge in [0.1, 0.15) is 0 Å². The van der Waals surface area contributed by atoms with Crippen LogP contribution in [0.5, 0.6) is 0 Å². The Balaban J connectivity index is -0.000000532. The zero-order chi connectivity index (χ0) is 29.8. The average molecular weight is 555 g/mol. The van der Waals surface area contributed by atoms with E-state index in [0.29, 0.717) is 5.92 Å². The van der Waals surface area contributed by atoms with Gasteiger partial charge in [0.25, 0.3) is 0 Å². The minimum absolute atomic E-state index is 0. The Kier molecular flexibility index (Phi) is 18.8. The van der Waals surface area contributed by atoms with Crippen LogP contribution in [0.4, 0.5) is 0 Å². The molecule has 1 aliphatic rings. The number of benzene rings is 1. The van der Waals surface area contributed by atoms with E-state index in [9.17, 15) is 15.3 Å². The molecule has 216 valence electrons. The van der Waals surface area contributed by atoms with Gasteiger partial charge in [-0.25, -0.2) is 5.01 Å². The summed E-state index contributed by atoms with van der Waals surface area (Å²) in [4.78, 5) is 0. The minimum Gasteiger partial charge on any atom is -0.829 e. The number of guanidine groups is 2. The van der Waals surface area contributed by atoms with Crippen LogP contribution in [0.15, 0.2) is 23.3 Å². The molecule has 2 atom stereocenters. The summed E-state index contributed by atoms with van der Waals surface area (Å²) in [6.45, 7) is 12.9. The SMILES string of the molecule is COC(C)(C)[O-].COC(C)(C)[O-].COC(C)(C)[O-].Cc1ccc2c(c1)[C@@H](N(N=C(N)N)C(=N)N)[C@H](C)C2.[Al+3]. The quantitative estimate of drug-likeness (QED) is 0.119. The van der Waals surface area contributed by atoms with E-state index in [1.165, 1.54) is 79.0 Å². The van der Waals surface area contributed by atoms with Gasteiger partial charge in [0.05, 0.1) is 6.04 Å². The van der Waals surface area contributed by atoms with Crippen molar-refractivity contribution in [2.75, 3.05) is 21.3 Å². The van der Waals surface area contributed by atoms with Crippen molar-refractivity contribution < 1.29 is 29.5 Å². The second-order valence-corrected chi connectivity index (χ2v) is 9.90. The molecule has 38 heavy (non-hydrogen) atoms. The Hall–Kier alpha value is -1.95. The fraction of sp³-hybridized carbons (Fsp3) is 0.680. The first kappa shape index (κ1) is 40.5. The molecule has 0 amide bonds. The van der Waals surface area contributed by atoms with Crippen molar-refractivity contribution in [3.8, 4) is 0 Å². The van der Waals surface area contributed by atoms with Gasteiger partial charge in [0.15, 0.2) is 0 Å². The zero-order valence-corrected chi connectivity index (χ0v) is 25.9. The third-order valence-corrected chi connectivity index (χ3v) is 4.91. The topological polar surface area (TPSA) is 214 Å². The smallest absolute Gasteiger partial charge is 0.829 e. The van der Waals surface area contributed by atoms with Gasteiger partial charge < -0.3 is 46.7 Å². The van der Waals surface area contributed by atoms with Crippen molar-refractivity contribution in [3.05, 3.63) is 34.9 Å². The number of hydrogen-bond donors (Lipinski definition) is 4. The number of methoxy groups -OCH3 is 3. The third-order valence-electron chi connectivity index (χ3n) is 4.91. The van der Waals surface area contributed by atoms with Crippen molar-refractivity contribution in [1.29, 1.82) is 5.41 Å². The third kappa shape index (κ3) is 19.2. The maximum Gasteiger partial charge on any atom is 3.00 e. The molecule has 7 N–H and O–H groups in total. The van der Waals surface area contributed by atoms with Gasteiger partial charge in [-0.15, -0.1) is 5.10 Å². The molecule has 1 aromatic carbocycles. The van der Waals surface area contributed by atoms with Crippen LogP contribution in [-0.2, 0) is 20.6 Å². The monoisotopic (exact) mass is 554 g/mol. The number of nitrogens with two attached hydrogens (primary N) is 3. The molecule has 1 aromatic rings. The fourth-order valence-corrected chi connectivity index (χ4v) is 2.70. The molecule has 0 bridgehead atoms. The van der Waals surface area contributed by atoms with E-state index in [4.69, 9.17) is 22.6 Å². The van der Waals surface area contributed by atoms with E-state index >= 15 is 0 Å². The largest absolute Gasteiger partial charge is 3.00 e. The van der Waals surface area contributed by atoms with Crippen molar-refractivity contribution >= 4 is 29.3 Å². The first-order valence-electron chi connectivity index (χ1n) is 11.7. The molecule has 0 aliphatic heterocycles. The fourth-order valence-electron chi connectivity index (χ4n) is 2.70. The number of fused-ring (bicyclic) bond motifs is 1. The summed E-state index contributed by atoms with van der Waals surface area (Å²) in [5.74, 6) is -3.58. The van der Waals surface area contributed by atoms with Crippen LogP contribution in [0.2, 0.25) is 0 Å². The van der Waals surface area contributed by atoms with Crippen LogP contribution < -0.4 is 32.5 Å². The van der Waals surface area contributed by atoms with Gasteiger partial charge in [0, 0.05) is 21.3 Å². The Labute approximate surface area is 238 Å². The summed E-state index contributed by atoms with van der Waals surface area (Å²) in [5, 5.41) is 43.8. The number of hydrazone groups is 1. The first-order chi connectivity index (χ1) is 16.6. The van der Waals surface area contributed by atoms with Gasteiger partial charge in [-0.2, -0.15) is 0 Å². The van der Waals surface area contributed by atoms with Crippen LogP contribution in [0.1, 0.15) is 71.2 Å². The molecule has 13 heteroatoms. The maximum atomic E-state index is 10.2. The number of nitrogens with one attached hydrogen (secondary N) is 1. The van der Waals surface area contributed by atoms with Crippen LogP contribution in [0.25, 0.3) is 0 Å². The van der Waals surface area contributed by atoms with E-state index < -0.39 is 17.4 Å². The standard InChI is InChI=1S/C13H20N6.3C4H9O2.Al/c1-7-3-4-9-6-8(2)11(10(9)5-7)19(13(16)17)18-12(14)15;3*1-4(2,5)6-3;/h3-5,8,11H,6H2,1-2H3,(H3,16,17)(H4,14,15,18);3*1-3H3;/q;3*-1;+3/t8-,11+;;;;/m1..../s1. The second-order valence-electron chi connectivity index (χ2n) is 9.90. The molecular formula is C25H47AlN6O6. The second kappa shape index (κ2) is 17.6. The van der Waals surface area contributed by atoms with Gasteiger partial charge in [0.2, 0.25) is 11.9 Å². The predicted molar refractivity (Wildman–Crippen MR) is 145 cm³/mol. The molecule has 0 fully saturated rings. The Morgan fingerprint density at radius 1 is 0.921 bits per heavy atom. The number of nitrogens with zero attached hydrogens (tertiary/aromatic N) is 2. The van der Waals surface area contributed by atoms with Crippen molar-refractivity contribution in [2.45, 2.75) is 85.2 Å². The maximum absolute atomic E-state index is 10.2. The Morgan fingerprint density at radius 2 is 1.29 bits per heavy atom. The molecule has 0 unspecified atom stereocenters.